The van der Waals surface area contributed by atoms with E-state index < -0.39 is 0 Å². The zero-order valence-electron chi connectivity index (χ0n) is 19.5. The van der Waals surface area contributed by atoms with E-state index in [1.54, 1.807) is 36.5 Å². The molecule has 5 nitrogen and oxygen atoms in total. The first-order chi connectivity index (χ1) is 17.5. The van der Waals surface area contributed by atoms with Gasteiger partial charge in [-0.15, -0.1) is 0 Å². The van der Waals surface area contributed by atoms with Gasteiger partial charge in [-0.1, -0.05) is 66.7 Å². The molecular weight excluding hydrogens is 500 g/mol. The van der Waals surface area contributed by atoms with E-state index in [9.17, 15) is 9.18 Å². The number of para-hydroxylation sites is 1. The summed E-state index contributed by atoms with van der Waals surface area (Å²) < 4.78 is 20.3. The molecule has 1 saturated carbocycles. The lowest BCUT2D eigenvalue weighted by Gasteiger charge is -2.22. The molecule has 1 aliphatic rings. The summed E-state index contributed by atoms with van der Waals surface area (Å²) in [6.45, 7) is 0.191. The predicted molar refractivity (Wildman–Crippen MR) is 142 cm³/mol. The molecule has 3 aromatic carbocycles. The Balaban J connectivity index is 1.45. The van der Waals surface area contributed by atoms with Gasteiger partial charge in [0.25, 0.3) is 5.56 Å². The van der Waals surface area contributed by atoms with Gasteiger partial charge in [-0.2, -0.15) is 9.78 Å². The largest absolute Gasteiger partial charge is 0.486 e. The molecule has 5 rings (SSSR count). The fourth-order valence-electron chi connectivity index (χ4n) is 4.53. The van der Waals surface area contributed by atoms with E-state index >= 15 is 0 Å². The quantitative estimate of drug-likeness (QED) is 0.248. The third-order valence-corrected chi connectivity index (χ3v) is 6.95. The number of hydrogen-bond donors (Lipinski definition) is 0. The molecule has 0 radical (unpaired) electrons. The molecule has 0 N–H and O–H groups in total. The number of aromatic nitrogens is 2. The summed E-state index contributed by atoms with van der Waals surface area (Å²) in [5, 5.41) is 5.68. The average Bonchev–Trinajstić information content (AvgIpc) is 2.89. The standard InChI is InChI=1S/C28H24Cl2FN3O2/c29-23-14-19(15-24(30)26(23)36-17-18-10-12-21(31)13-11-18)16-32-34-27(20-6-2-1-3-7-20)33-25-9-5-4-8-22(25)28(34)35/h4-5,8-16,20H,1-3,6-7,17H2. The van der Waals surface area contributed by atoms with Gasteiger partial charge in [-0.3, -0.25) is 4.79 Å². The first kappa shape index (κ1) is 24.5. The van der Waals surface area contributed by atoms with Gasteiger partial charge in [-0.05, 0) is 60.4 Å². The first-order valence-electron chi connectivity index (χ1n) is 11.9. The highest BCUT2D eigenvalue weighted by atomic mass is 35.5. The third-order valence-electron chi connectivity index (χ3n) is 6.39. The maximum absolute atomic E-state index is 13.4. The number of rotatable bonds is 6. The molecule has 0 bridgehead atoms. The second-order valence-electron chi connectivity index (χ2n) is 8.91. The SMILES string of the molecule is O=c1c2ccccc2nc(C2CCCCC2)n1N=Cc1cc(Cl)c(OCc2ccc(F)cc2)c(Cl)c1. The Morgan fingerprint density at radius 1 is 1.03 bits per heavy atom. The van der Waals surface area contributed by atoms with Crippen LogP contribution in [-0.4, -0.2) is 15.9 Å². The van der Waals surface area contributed by atoms with Gasteiger partial charge in [-0.25, -0.2) is 9.37 Å². The van der Waals surface area contributed by atoms with Crippen molar-refractivity contribution in [1.82, 2.24) is 9.66 Å². The predicted octanol–water partition coefficient (Wildman–Crippen LogP) is 7.35. The highest BCUT2D eigenvalue weighted by molar-refractivity contribution is 6.37. The topological polar surface area (TPSA) is 56.5 Å². The molecule has 36 heavy (non-hydrogen) atoms. The monoisotopic (exact) mass is 523 g/mol. The normalized spacial score (nSPS) is 14.5. The van der Waals surface area contributed by atoms with E-state index in [2.05, 4.69) is 5.10 Å². The zero-order valence-corrected chi connectivity index (χ0v) is 21.0. The van der Waals surface area contributed by atoms with Crippen LogP contribution in [0.1, 0.15) is 55.0 Å². The molecule has 0 spiro atoms. The Kier molecular flexibility index (Phi) is 7.35. The molecule has 8 heteroatoms. The number of fused-ring (bicyclic) bond motifs is 1. The summed E-state index contributed by atoms with van der Waals surface area (Å²) in [7, 11) is 0. The fourth-order valence-corrected chi connectivity index (χ4v) is 5.14. The van der Waals surface area contributed by atoms with Crippen molar-refractivity contribution in [2.45, 2.75) is 44.6 Å². The van der Waals surface area contributed by atoms with Gasteiger partial charge in [0.15, 0.2) is 5.75 Å². The second-order valence-corrected chi connectivity index (χ2v) is 9.73. The van der Waals surface area contributed by atoms with Crippen LogP contribution >= 0.6 is 23.2 Å². The Morgan fingerprint density at radius 2 is 1.72 bits per heavy atom. The fraction of sp³-hybridized carbons (Fsp3) is 0.250. The molecule has 1 aromatic heterocycles. The Hall–Kier alpha value is -3.22. The maximum atomic E-state index is 13.4. The van der Waals surface area contributed by atoms with Crippen molar-refractivity contribution in [3.8, 4) is 5.75 Å². The minimum Gasteiger partial charge on any atom is -0.486 e. The van der Waals surface area contributed by atoms with E-state index in [0.29, 0.717) is 38.1 Å². The van der Waals surface area contributed by atoms with Crippen molar-refractivity contribution >= 4 is 40.3 Å². The number of halogens is 3. The Morgan fingerprint density at radius 3 is 2.44 bits per heavy atom. The minimum atomic E-state index is -0.314. The molecule has 0 atom stereocenters. The minimum absolute atomic E-state index is 0.183. The summed E-state index contributed by atoms with van der Waals surface area (Å²) in [6.07, 6.45) is 6.95. The van der Waals surface area contributed by atoms with E-state index in [4.69, 9.17) is 32.9 Å². The molecule has 1 heterocycles. The molecule has 184 valence electrons. The molecule has 0 amide bonds. The maximum Gasteiger partial charge on any atom is 0.282 e. The van der Waals surface area contributed by atoms with Crippen molar-refractivity contribution in [3.63, 3.8) is 0 Å². The number of benzene rings is 3. The van der Waals surface area contributed by atoms with Gasteiger partial charge in [0.1, 0.15) is 18.2 Å². The van der Waals surface area contributed by atoms with Crippen molar-refractivity contribution < 1.29 is 9.13 Å². The summed E-state index contributed by atoms with van der Waals surface area (Å²) in [5.41, 5.74) is 1.89. The zero-order chi connectivity index (χ0) is 25.1. The van der Waals surface area contributed by atoms with Crippen LogP contribution in [0.4, 0.5) is 4.39 Å². The second kappa shape index (κ2) is 10.8. The molecular formula is C28H24Cl2FN3O2. The highest BCUT2D eigenvalue weighted by Crippen LogP contribution is 2.35. The molecule has 1 fully saturated rings. The van der Waals surface area contributed by atoms with Crippen LogP contribution in [0.3, 0.4) is 0 Å². The summed E-state index contributed by atoms with van der Waals surface area (Å²) in [6, 6.07) is 16.7. The number of nitrogens with zero attached hydrogens (tertiary/aromatic N) is 3. The molecule has 0 aliphatic heterocycles. The van der Waals surface area contributed by atoms with E-state index in [0.717, 1.165) is 31.2 Å². The lowest BCUT2D eigenvalue weighted by molar-refractivity contribution is 0.306. The summed E-state index contributed by atoms with van der Waals surface area (Å²) in [5.74, 6) is 0.881. The van der Waals surface area contributed by atoms with Crippen LogP contribution in [0.25, 0.3) is 10.9 Å². The van der Waals surface area contributed by atoms with Crippen LogP contribution in [0.2, 0.25) is 10.0 Å². The molecule has 4 aromatic rings. The average molecular weight is 524 g/mol. The van der Waals surface area contributed by atoms with Crippen molar-refractivity contribution in [1.29, 1.82) is 0 Å². The lowest BCUT2D eigenvalue weighted by Crippen LogP contribution is -2.25. The summed E-state index contributed by atoms with van der Waals surface area (Å²) >= 11 is 12.9. The van der Waals surface area contributed by atoms with Crippen LogP contribution in [0.5, 0.6) is 5.75 Å². The van der Waals surface area contributed by atoms with Gasteiger partial charge in [0, 0.05) is 5.92 Å². The van der Waals surface area contributed by atoms with Crippen LogP contribution in [-0.2, 0) is 6.61 Å². The van der Waals surface area contributed by atoms with Crippen LogP contribution in [0, 0.1) is 5.82 Å². The smallest absolute Gasteiger partial charge is 0.282 e. The molecule has 0 saturated heterocycles. The number of ether oxygens (including phenoxy) is 1. The van der Waals surface area contributed by atoms with Gasteiger partial charge >= 0.3 is 0 Å². The Bertz CT molecular complexity index is 1460. The molecule has 1 aliphatic carbocycles. The lowest BCUT2D eigenvalue weighted by atomic mass is 9.88. The van der Waals surface area contributed by atoms with Crippen molar-refractivity contribution in [2.75, 3.05) is 0 Å². The first-order valence-corrected chi connectivity index (χ1v) is 12.7. The van der Waals surface area contributed by atoms with Crippen molar-refractivity contribution in [2.24, 2.45) is 5.10 Å². The van der Waals surface area contributed by atoms with Gasteiger partial charge in [0.2, 0.25) is 0 Å². The van der Waals surface area contributed by atoms with Crippen LogP contribution < -0.4 is 10.3 Å². The van der Waals surface area contributed by atoms with E-state index in [1.807, 2.05) is 18.2 Å². The molecule has 0 unspecified atom stereocenters. The highest BCUT2D eigenvalue weighted by Gasteiger charge is 2.22. The van der Waals surface area contributed by atoms with E-state index in [1.165, 1.54) is 23.2 Å². The van der Waals surface area contributed by atoms with Gasteiger partial charge in [0.05, 0.1) is 27.2 Å². The number of hydrogen-bond acceptors (Lipinski definition) is 4. The van der Waals surface area contributed by atoms with E-state index in [-0.39, 0.29) is 23.9 Å². The van der Waals surface area contributed by atoms with Gasteiger partial charge < -0.3 is 4.74 Å². The third kappa shape index (κ3) is 5.30. The van der Waals surface area contributed by atoms with Crippen molar-refractivity contribution in [3.05, 3.63) is 104 Å². The van der Waals surface area contributed by atoms with Crippen LogP contribution in [0.15, 0.2) is 70.6 Å². The summed E-state index contributed by atoms with van der Waals surface area (Å²) in [4.78, 5) is 18.2. The Labute approximate surface area is 218 Å².